The van der Waals surface area contributed by atoms with Crippen LogP contribution in [0.5, 0.6) is 0 Å². The number of likely N-dealkylation sites (N-methyl/N-ethyl adjacent to an activating group) is 1. The van der Waals surface area contributed by atoms with Gasteiger partial charge in [-0.3, -0.25) is 4.68 Å². The fourth-order valence-electron chi connectivity index (χ4n) is 2.40. The Kier molecular flexibility index (Phi) is 4.00. The highest BCUT2D eigenvalue weighted by Gasteiger charge is 2.16. The van der Waals surface area contributed by atoms with Crippen molar-refractivity contribution in [2.75, 3.05) is 7.05 Å². The van der Waals surface area contributed by atoms with Crippen LogP contribution in [0.15, 0.2) is 24.3 Å². The molecule has 19 heavy (non-hydrogen) atoms. The number of benzene rings is 1. The zero-order chi connectivity index (χ0) is 14.0. The van der Waals surface area contributed by atoms with E-state index in [9.17, 15) is 4.39 Å². The summed E-state index contributed by atoms with van der Waals surface area (Å²) < 4.78 is 14.9. The maximum Gasteiger partial charge on any atom is 0.123 e. The first kappa shape index (κ1) is 13.7. The molecule has 3 nitrogen and oxygen atoms in total. The number of nitrogens with zero attached hydrogens (tertiary/aromatic N) is 2. The van der Waals surface area contributed by atoms with Gasteiger partial charge in [-0.05, 0) is 50.6 Å². The molecule has 1 atom stereocenters. The van der Waals surface area contributed by atoms with Gasteiger partial charge in [0, 0.05) is 18.8 Å². The fraction of sp³-hybridized carbons (Fsp3) is 0.400. The minimum Gasteiger partial charge on any atom is -0.313 e. The van der Waals surface area contributed by atoms with Gasteiger partial charge in [0.15, 0.2) is 0 Å². The lowest BCUT2D eigenvalue weighted by atomic mass is 9.98. The molecule has 0 radical (unpaired) electrons. The summed E-state index contributed by atoms with van der Waals surface area (Å²) in [5.74, 6) is -0.202. The number of nitrogens with one attached hydrogen (secondary N) is 1. The van der Waals surface area contributed by atoms with E-state index in [1.807, 2.05) is 37.8 Å². The van der Waals surface area contributed by atoms with Crippen molar-refractivity contribution in [2.24, 2.45) is 7.05 Å². The van der Waals surface area contributed by atoms with Crippen molar-refractivity contribution >= 4 is 0 Å². The van der Waals surface area contributed by atoms with Crippen LogP contribution in [0.3, 0.4) is 0 Å². The lowest BCUT2D eigenvalue weighted by molar-refractivity contribution is 0.583. The minimum absolute atomic E-state index is 0.169. The summed E-state index contributed by atoms with van der Waals surface area (Å²) >= 11 is 0. The third-order valence-corrected chi connectivity index (χ3v) is 3.69. The molecule has 0 fully saturated rings. The summed E-state index contributed by atoms with van der Waals surface area (Å²) in [6.07, 6.45) is 0.855. The summed E-state index contributed by atoms with van der Waals surface area (Å²) in [4.78, 5) is 0. The average Bonchev–Trinajstić information content (AvgIpc) is 2.63. The molecule has 0 aliphatic heterocycles. The van der Waals surface area contributed by atoms with E-state index in [0.29, 0.717) is 0 Å². The fourth-order valence-corrected chi connectivity index (χ4v) is 2.40. The second-order valence-corrected chi connectivity index (χ2v) is 4.87. The Hall–Kier alpha value is -1.68. The van der Waals surface area contributed by atoms with Crippen LogP contribution in [0.2, 0.25) is 0 Å². The van der Waals surface area contributed by atoms with E-state index in [2.05, 4.69) is 17.3 Å². The molecule has 0 amide bonds. The first-order chi connectivity index (χ1) is 9.02. The van der Waals surface area contributed by atoms with Gasteiger partial charge < -0.3 is 5.32 Å². The highest BCUT2D eigenvalue weighted by atomic mass is 19.1. The van der Waals surface area contributed by atoms with Crippen molar-refractivity contribution in [3.05, 3.63) is 52.6 Å². The van der Waals surface area contributed by atoms with Crippen LogP contribution >= 0.6 is 0 Å². The van der Waals surface area contributed by atoms with Gasteiger partial charge in [-0.1, -0.05) is 12.1 Å². The molecular formula is C15H20FN3. The molecule has 0 saturated carbocycles. The third-order valence-electron chi connectivity index (χ3n) is 3.69. The van der Waals surface area contributed by atoms with Crippen LogP contribution < -0.4 is 5.32 Å². The predicted molar refractivity (Wildman–Crippen MR) is 74.6 cm³/mol. The van der Waals surface area contributed by atoms with Crippen molar-refractivity contribution in [2.45, 2.75) is 26.3 Å². The van der Waals surface area contributed by atoms with E-state index in [1.165, 1.54) is 23.4 Å². The van der Waals surface area contributed by atoms with Gasteiger partial charge >= 0.3 is 0 Å². The molecule has 1 N–H and O–H groups in total. The Balaban J connectivity index is 2.26. The number of hydrogen-bond acceptors (Lipinski definition) is 2. The lowest BCUT2D eigenvalue weighted by Crippen LogP contribution is -2.19. The van der Waals surface area contributed by atoms with Gasteiger partial charge in [-0.25, -0.2) is 4.39 Å². The summed E-state index contributed by atoms with van der Waals surface area (Å²) in [6.45, 7) is 4.10. The van der Waals surface area contributed by atoms with Gasteiger partial charge in [-0.15, -0.1) is 0 Å². The Morgan fingerprint density at radius 2 is 1.89 bits per heavy atom. The maximum absolute atomic E-state index is 13.0. The normalized spacial score (nSPS) is 12.7. The quantitative estimate of drug-likeness (QED) is 0.917. The van der Waals surface area contributed by atoms with Crippen LogP contribution in [-0.2, 0) is 13.5 Å². The highest BCUT2D eigenvalue weighted by Crippen LogP contribution is 2.22. The largest absolute Gasteiger partial charge is 0.313 e. The van der Waals surface area contributed by atoms with E-state index < -0.39 is 0 Å². The molecule has 2 aromatic rings. The van der Waals surface area contributed by atoms with Crippen LogP contribution in [0.4, 0.5) is 4.39 Å². The minimum atomic E-state index is -0.202. The van der Waals surface area contributed by atoms with Gasteiger partial charge in [-0.2, -0.15) is 5.10 Å². The summed E-state index contributed by atoms with van der Waals surface area (Å²) in [5, 5.41) is 7.73. The van der Waals surface area contributed by atoms with E-state index >= 15 is 0 Å². The van der Waals surface area contributed by atoms with Crippen molar-refractivity contribution in [1.29, 1.82) is 0 Å². The number of rotatable bonds is 4. The van der Waals surface area contributed by atoms with E-state index in [1.54, 1.807) is 0 Å². The average molecular weight is 261 g/mol. The molecule has 0 aliphatic rings. The maximum atomic E-state index is 13.0. The Morgan fingerprint density at radius 3 is 2.37 bits per heavy atom. The van der Waals surface area contributed by atoms with Gasteiger partial charge in [0.2, 0.25) is 0 Å². The summed E-state index contributed by atoms with van der Waals surface area (Å²) in [5.41, 5.74) is 4.58. The molecule has 0 saturated heterocycles. The van der Waals surface area contributed by atoms with Crippen molar-refractivity contribution < 1.29 is 4.39 Å². The zero-order valence-corrected chi connectivity index (χ0v) is 11.9. The second-order valence-electron chi connectivity index (χ2n) is 4.87. The topological polar surface area (TPSA) is 29.9 Å². The molecule has 102 valence electrons. The molecule has 0 bridgehead atoms. The number of aromatic nitrogens is 2. The number of aryl methyl sites for hydroxylation is 2. The van der Waals surface area contributed by atoms with E-state index in [4.69, 9.17) is 0 Å². The number of hydrogen-bond donors (Lipinski definition) is 1. The van der Waals surface area contributed by atoms with Crippen molar-refractivity contribution in [1.82, 2.24) is 15.1 Å². The smallest absolute Gasteiger partial charge is 0.123 e. The van der Waals surface area contributed by atoms with Crippen LogP contribution in [0.25, 0.3) is 0 Å². The predicted octanol–water partition coefficient (Wildman–Crippen LogP) is 2.68. The summed E-state index contributed by atoms with van der Waals surface area (Å²) in [7, 11) is 3.88. The Bertz CT molecular complexity index is 558. The van der Waals surface area contributed by atoms with Gasteiger partial charge in [0.25, 0.3) is 0 Å². The third kappa shape index (κ3) is 2.84. The molecule has 0 spiro atoms. The monoisotopic (exact) mass is 261 g/mol. The molecule has 4 heteroatoms. The van der Waals surface area contributed by atoms with E-state index in [-0.39, 0.29) is 11.9 Å². The first-order valence-corrected chi connectivity index (χ1v) is 6.44. The number of halogens is 1. The molecule has 1 unspecified atom stereocenters. The van der Waals surface area contributed by atoms with Crippen LogP contribution in [-0.4, -0.2) is 16.8 Å². The molecular weight excluding hydrogens is 241 g/mol. The molecule has 2 rings (SSSR count). The molecule has 1 aromatic carbocycles. The Morgan fingerprint density at radius 1 is 1.26 bits per heavy atom. The standard InChI is InChI=1S/C15H20FN3/c1-10-14(11(2)19(4)18-10)9-15(17-3)12-5-7-13(16)8-6-12/h5-8,15,17H,9H2,1-4H3. The summed E-state index contributed by atoms with van der Waals surface area (Å²) in [6, 6.07) is 6.84. The second kappa shape index (κ2) is 5.53. The van der Waals surface area contributed by atoms with Crippen LogP contribution in [0.1, 0.15) is 28.6 Å². The Labute approximate surface area is 113 Å². The van der Waals surface area contributed by atoms with Crippen LogP contribution in [0, 0.1) is 19.7 Å². The van der Waals surface area contributed by atoms with Gasteiger partial charge in [0.1, 0.15) is 5.82 Å². The van der Waals surface area contributed by atoms with Crippen molar-refractivity contribution in [3.8, 4) is 0 Å². The molecule has 1 heterocycles. The van der Waals surface area contributed by atoms with Gasteiger partial charge in [0.05, 0.1) is 5.69 Å². The lowest BCUT2D eigenvalue weighted by Gasteiger charge is -2.17. The SMILES string of the molecule is CNC(Cc1c(C)nn(C)c1C)c1ccc(F)cc1. The molecule has 0 aliphatic carbocycles. The highest BCUT2D eigenvalue weighted by molar-refractivity contribution is 5.29. The van der Waals surface area contributed by atoms with E-state index in [0.717, 1.165) is 17.7 Å². The van der Waals surface area contributed by atoms with Crippen molar-refractivity contribution in [3.63, 3.8) is 0 Å². The first-order valence-electron chi connectivity index (χ1n) is 6.44. The molecule has 1 aromatic heterocycles. The zero-order valence-electron chi connectivity index (χ0n) is 11.9.